The van der Waals surface area contributed by atoms with Gasteiger partial charge in [0.1, 0.15) is 0 Å². The van der Waals surface area contributed by atoms with E-state index in [1.165, 1.54) is 0 Å². The molecule has 0 unspecified atom stereocenters. The predicted octanol–water partition coefficient (Wildman–Crippen LogP) is 2.90. The summed E-state index contributed by atoms with van der Waals surface area (Å²) in [6, 6.07) is 15.9. The van der Waals surface area contributed by atoms with Crippen LogP contribution in [0.15, 0.2) is 54.7 Å². The van der Waals surface area contributed by atoms with Crippen molar-refractivity contribution in [3.8, 4) is 0 Å². The maximum Gasteiger partial charge on any atom is 0.317 e. The summed E-state index contributed by atoms with van der Waals surface area (Å²) in [5.41, 5.74) is 4.03. The second-order valence-electron chi connectivity index (χ2n) is 5.96. The Morgan fingerprint density at radius 3 is 2.92 bits per heavy atom. The highest BCUT2D eigenvalue weighted by Gasteiger charge is 2.22. The molecule has 2 amide bonds. The highest BCUT2D eigenvalue weighted by molar-refractivity contribution is 5.77. The standard InChI is InChI=1S/C19H18N4O/c24-19(21-12-14-5-2-1-3-6-14)23-10-8-17-16(13-23)11-15-7-4-9-20-18(15)22-17/h1-7,9,11H,8,10,12-13H2,(H,21,24). The molecule has 0 saturated carbocycles. The van der Waals surface area contributed by atoms with Crippen molar-refractivity contribution in [2.24, 2.45) is 0 Å². The minimum absolute atomic E-state index is 0.0317. The van der Waals surface area contributed by atoms with Gasteiger partial charge in [-0.25, -0.2) is 14.8 Å². The number of nitrogens with one attached hydrogen (secondary N) is 1. The van der Waals surface area contributed by atoms with Crippen molar-refractivity contribution in [2.45, 2.75) is 19.5 Å². The Labute approximate surface area is 140 Å². The quantitative estimate of drug-likeness (QED) is 0.790. The Balaban J connectivity index is 1.47. The molecule has 5 heteroatoms. The molecular weight excluding hydrogens is 300 g/mol. The number of benzene rings is 1. The fourth-order valence-electron chi connectivity index (χ4n) is 3.02. The van der Waals surface area contributed by atoms with Crippen LogP contribution < -0.4 is 5.32 Å². The molecular formula is C19H18N4O. The van der Waals surface area contributed by atoms with E-state index in [0.717, 1.165) is 34.3 Å². The summed E-state index contributed by atoms with van der Waals surface area (Å²) in [5.74, 6) is 0. The van der Waals surface area contributed by atoms with E-state index in [4.69, 9.17) is 0 Å². The SMILES string of the molecule is O=C(NCc1ccccc1)N1CCc2nc3ncccc3cc2C1. The van der Waals surface area contributed by atoms with Crippen LogP contribution in [0.4, 0.5) is 4.79 Å². The average molecular weight is 318 g/mol. The van der Waals surface area contributed by atoms with Crippen molar-refractivity contribution >= 4 is 17.1 Å². The summed E-state index contributed by atoms with van der Waals surface area (Å²) >= 11 is 0. The zero-order valence-electron chi connectivity index (χ0n) is 13.3. The second-order valence-corrected chi connectivity index (χ2v) is 5.96. The molecule has 120 valence electrons. The summed E-state index contributed by atoms with van der Waals surface area (Å²) in [6.07, 6.45) is 2.52. The monoisotopic (exact) mass is 318 g/mol. The van der Waals surface area contributed by atoms with Crippen molar-refractivity contribution in [3.63, 3.8) is 0 Å². The van der Waals surface area contributed by atoms with Crippen LogP contribution in [0.3, 0.4) is 0 Å². The average Bonchev–Trinajstić information content (AvgIpc) is 2.64. The Morgan fingerprint density at radius 2 is 2.04 bits per heavy atom. The van der Waals surface area contributed by atoms with Gasteiger partial charge in [-0.15, -0.1) is 0 Å². The Bertz CT molecular complexity index is 879. The van der Waals surface area contributed by atoms with Crippen LogP contribution in [0.1, 0.15) is 16.8 Å². The molecule has 0 spiro atoms. The molecule has 0 radical (unpaired) electrons. The highest BCUT2D eigenvalue weighted by atomic mass is 16.2. The second kappa shape index (κ2) is 6.28. The molecule has 1 aliphatic rings. The largest absolute Gasteiger partial charge is 0.334 e. The van der Waals surface area contributed by atoms with Crippen molar-refractivity contribution in [1.82, 2.24) is 20.2 Å². The Morgan fingerprint density at radius 1 is 1.17 bits per heavy atom. The molecule has 2 aromatic heterocycles. The summed E-state index contributed by atoms with van der Waals surface area (Å²) in [5, 5.41) is 4.01. The van der Waals surface area contributed by atoms with Gasteiger partial charge in [-0.3, -0.25) is 0 Å². The summed E-state index contributed by atoms with van der Waals surface area (Å²) < 4.78 is 0. The van der Waals surface area contributed by atoms with Crippen LogP contribution in [-0.4, -0.2) is 27.4 Å². The van der Waals surface area contributed by atoms with Crippen molar-refractivity contribution in [3.05, 3.63) is 71.5 Å². The number of pyridine rings is 2. The predicted molar refractivity (Wildman–Crippen MR) is 92.3 cm³/mol. The molecule has 1 aliphatic heterocycles. The lowest BCUT2D eigenvalue weighted by Gasteiger charge is -2.28. The first-order valence-corrected chi connectivity index (χ1v) is 8.10. The number of hydrogen-bond acceptors (Lipinski definition) is 3. The number of hydrogen-bond donors (Lipinski definition) is 1. The Hall–Kier alpha value is -2.95. The van der Waals surface area contributed by atoms with E-state index in [0.29, 0.717) is 19.6 Å². The number of urea groups is 1. The first-order chi connectivity index (χ1) is 11.8. The number of rotatable bonds is 2. The lowest BCUT2D eigenvalue weighted by atomic mass is 10.0. The minimum atomic E-state index is -0.0317. The molecule has 1 N–H and O–H groups in total. The number of fused-ring (bicyclic) bond motifs is 2. The smallest absolute Gasteiger partial charge is 0.317 e. The highest BCUT2D eigenvalue weighted by Crippen LogP contribution is 2.21. The lowest BCUT2D eigenvalue weighted by molar-refractivity contribution is 0.191. The fraction of sp³-hybridized carbons (Fsp3) is 0.211. The molecule has 3 heterocycles. The van der Waals surface area contributed by atoms with Crippen LogP contribution in [0, 0.1) is 0 Å². The van der Waals surface area contributed by atoms with Gasteiger partial charge in [0.05, 0.1) is 0 Å². The van der Waals surface area contributed by atoms with Gasteiger partial charge < -0.3 is 10.2 Å². The van der Waals surface area contributed by atoms with Crippen LogP contribution >= 0.6 is 0 Å². The van der Waals surface area contributed by atoms with Gasteiger partial charge in [0.25, 0.3) is 0 Å². The third-order valence-corrected chi connectivity index (χ3v) is 4.31. The van der Waals surface area contributed by atoms with E-state index in [9.17, 15) is 4.79 Å². The van der Waals surface area contributed by atoms with E-state index in [1.54, 1.807) is 6.20 Å². The molecule has 0 saturated heterocycles. The summed E-state index contributed by atoms with van der Waals surface area (Å²) in [7, 11) is 0. The summed E-state index contributed by atoms with van der Waals surface area (Å²) in [6.45, 7) is 1.82. The van der Waals surface area contributed by atoms with E-state index in [2.05, 4.69) is 21.4 Å². The summed E-state index contributed by atoms with van der Waals surface area (Å²) in [4.78, 5) is 23.2. The lowest BCUT2D eigenvalue weighted by Crippen LogP contribution is -2.42. The number of amides is 2. The third kappa shape index (κ3) is 2.93. The van der Waals surface area contributed by atoms with E-state index in [-0.39, 0.29) is 6.03 Å². The van der Waals surface area contributed by atoms with Crippen molar-refractivity contribution in [1.29, 1.82) is 0 Å². The molecule has 0 bridgehead atoms. The van der Waals surface area contributed by atoms with Crippen LogP contribution in [0.5, 0.6) is 0 Å². The molecule has 1 aromatic carbocycles. The van der Waals surface area contributed by atoms with Gasteiger partial charge in [-0.1, -0.05) is 30.3 Å². The van der Waals surface area contributed by atoms with Gasteiger partial charge in [0.2, 0.25) is 0 Å². The van der Waals surface area contributed by atoms with Gasteiger partial charge in [0, 0.05) is 43.3 Å². The number of carbonyl (C=O) groups is 1. The minimum Gasteiger partial charge on any atom is -0.334 e. The van der Waals surface area contributed by atoms with Crippen molar-refractivity contribution < 1.29 is 4.79 Å². The van der Waals surface area contributed by atoms with Gasteiger partial charge in [-0.2, -0.15) is 0 Å². The molecule has 4 rings (SSSR count). The van der Waals surface area contributed by atoms with E-state index >= 15 is 0 Å². The normalized spacial score (nSPS) is 13.6. The molecule has 3 aromatic rings. The number of carbonyl (C=O) groups excluding carboxylic acids is 1. The zero-order chi connectivity index (χ0) is 16.4. The third-order valence-electron chi connectivity index (χ3n) is 4.31. The molecule has 0 aliphatic carbocycles. The van der Waals surface area contributed by atoms with Crippen LogP contribution in [-0.2, 0) is 19.5 Å². The van der Waals surface area contributed by atoms with Gasteiger partial charge >= 0.3 is 6.03 Å². The Kier molecular flexibility index (Phi) is 3.83. The first-order valence-electron chi connectivity index (χ1n) is 8.10. The maximum absolute atomic E-state index is 12.4. The van der Waals surface area contributed by atoms with Gasteiger partial charge in [0.15, 0.2) is 5.65 Å². The van der Waals surface area contributed by atoms with Crippen LogP contribution in [0.25, 0.3) is 11.0 Å². The molecule has 0 fully saturated rings. The maximum atomic E-state index is 12.4. The van der Waals surface area contributed by atoms with E-state index in [1.807, 2.05) is 47.4 Å². The number of aromatic nitrogens is 2. The fourth-order valence-corrected chi connectivity index (χ4v) is 3.02. The molecule has 5 nitrogen and oxygen atoms in total. The van der Waals surface area contributed by atoms with E-state index < -0.39 is 0 Å². The van der Waals surface area contributed by atoms with Crippen molar-refractivity contribution in [2.75, 3.05) is 6.54 Å². The van der Waals surface area contributed by atoms with Crippen LogP contribution in [0.2, 0.25) is 0 Å². The topological polar surface area (TPSA) is 58.1 Å². The van der Waals surface area contributed by atoms with Gasteiger partial charge in [-0.05, 0) is 29.3 Å². The zero-order valence-corrected chi connectivity index (χ0v) is 13.3. The first kappa shape index (κ1) is 14.6. The molecule has 24 heavy (non-hydrogen) atoms. The number of nitrogens with zero attached hydrogens (tertiary/aromatic N) is 3. The molecule has 0 atom stereocenters.